The molecule has 128 valence electrons. The van der Waals surface area contributed by atoms with E-state index in [-0.39, 0.29) is 24.7 Å². The Morgan fingerprint density at radius 3 is 2.52 bits per heavy atom. The predicted molar refractivity (Wildman–Crippen MR) is 96.6 cm³/mol. The summed E-state index contributed by atoms with van der Waals surface area (Å²) in [6.45, 7) is 0.434. The molecule has 0 radical (unpaired) electrons. The molecule has 0 aliphatic carbocycles. The molecule has 2 aromatic carbocycles. The SMILES string of the molecule is COc1ccc(CNC(=O)CCC(=O)n2ccc3ccccc32)cc1. The van der Waals surface area contributed by atoms with Crippen LogP contribution in [-0.4, -0.2) is 23.5 Å². The topological polar surface area (TPSA) is 60.3 Å². The number of carbonyl (C=O) groups is 2. The smallest absolute Gasteiger partial charge is 0.231 e. The number of hydrogen-bond donors (Lipinski definition) is 1. The van der Waals surface area contributed by atoms with Crippen LogP contribution in [0.5, 0.6) is 5.75 Å². The van der Waals surface area contributed by atoms with E-state index in [0.717, 1.165) is 22.2 Å². The van der Waals surface area contributed by atoms with Crippen LogP contribution in [0, 0.1) is 0 Å². The van der Waals surface area contributed by atoms with Gasteiger partial charge in [-0.1, -0.05) is 30.3 Å². The van der Waals surface area contributed by atoms with Crippen molar-refractivity contribution < 1.29 is 14.3 Å². The lowest BCUT2D eigenvalue weighted by Crippen LogP contribution is -2.24. The zero-order valence-electron chi connectivity index (χ0n) is 14.1. The van der Waals surface area contributed by atoms with Crippen molar-refractivity contribution in [2.45, 2.75) is 19.4 Å². The Kier molecular flexibility index (Phi) is 5.14. The molecule has 1 amide bonds. The number of rotatable bonds is 6. The van der Waals surface area contributed by atoms with Gasteiger partial charge in [0.1, 0.15) is 5.75 Å². The fourth-order valence-corrected chi connectivity index (χ4v) is 2.67. The van der Waals surface area contributed by atoms with Crippen molar-refractivity contribution in [3.8, 4) is 5.75 Å². The molecule has 0 unspecified atom stereocenters. The van der Waals surface area contributed by atoms with Crippen LogP contribution in [0.2, 0.25) is 0 Å². The van der Waals surface area contributed by atoms with Crippen LogP contribution in [0.1, 0.15) is 23.2 Å². The summed E-state index contributed by atoms with van der Waals surface area (Å²) in [5, 5.41) is 3.85. The van der Waals surface area contributed by atoms with Gasteiger partial charge in [-0.3, -0.25) is 14.2 Å². The molecule has 25 heavy (non-hydrogen) atoms. The van der Waals surface area contributed by atoms with Crippen LogP contribution < -0.4 is 10.1 Å². The van der Waals surface area contributed by atoms with Crippen molar-refractivity contribution in [3.63, 3.8) is 0 Å². The van der Waals surface area contributed by atoms with Gasteiger partial charge in [0.25, 0.3) is 0 Å². The van der Waals surface area contributed by atoms with Gasteiger partial charge >= 0.3 is 0 Å². The third-order valence-electron chi connectivity index (χ3n) is 4.08. The number of hydrogen-bond acceptors (Lipinski definition) is 3. The van der Waals surface area contributed by atoms with Crippen LogP contribution in [0.25, 0.3) is 10.9 Å². The van der Waals surface area contributed by atoms with Crippen molar-refractivity contribution in [1.82, 2.24) is 9.88 Å². The summed E-state index contributed by atoms with van der Waals surface area (Å²) in [4.78, 5) is 24.3. The van der Waals surface area contributed by atoms with Crippen LogP contribution in [0.4, 0.5) is 0 Å². The second kappa shape index (κ2) is 7.66. The van der Waals surface area contributed by atoms with Crippen molar-refractivity contribution in [2.24, 2.45) is 0 Å². The summed E-state index contributed by atoms with van der Waals surface area (Å²) in [5.41, 5.74) is 1.85. The lowest BCUT2D eigenvalue weighted by atomic mass is 10.2. The van der Waals surface area contributed by atoms with Gasteiger partial charge in [-0.15, -0.1) is 0 Å². The van der Waals surface area contributed by atoms with E-state index in [2.05, 4.69) is 5.32 Å². The average molecular weight is 336 g/mol. The molecule has 0 saturated carbocycles. The lowest BCUT2D eigenvalue weighted by Gasteiger charge is -2.07. The van der Waals surface area contributed by atoms with E-state index >= 15 is 0 Å². The quantitative estimate of drug-likeness (QED) is 0.750. The highest BCUT2D eigenvalue weighted by Crippen LogP contribution is 2.16. The van der Waals surface area contributed by atoms with E-state index in [1.54, 1.807) is 17.9 Å². The Morgan fingerprint density at radius 2 is 1.76 bits per heavy atom. The molecule has 0 atom stereocenters. The number of ether oxygens (including phenoxy) is 1. The summed E-state index contributed by atoms with van der Waals surface area (Å²) in [6.07, 6.45) is 2.09. The van der Waals surface area contributed by atoms with Gasteiger partial charge in [-0.2, -0.15) is 0 Å². The first-order chi connectivity index (χ1) is 12.2. The summed E-state index contributed by atoms with van der Waals surface area (Å²) < 4.78 is 6.70. The number of nitrogens with zero attached hydrogens (tertiary/aromatic N) is 1. The molecular weight excluding hydrogens is 316 g/mol. The maximum absolute atomic E-state index is 12.3. The molecule has 0 aliphatic heterocycles. The third-order valence-corrected chi connectivity index (χ3v) is 4.08. The van der Waals surface area contributed by atoms with Gasteiger partial charge in [-0.25, -0.2) is 0 Å². The number of para-hydroxylation sites is 1. The van der Waals surface area contributed by atoms with Gasteiger partial charge in [0.15, 0.2) is 0 Å². The van der Waals surface area contributed by atoms with Crippen LogP contribution in [0.15, 0.2) is 60.8 Å². The maximum Gasteiger partial charge on any atom is 0.231 e. The highest BCUT2D eigenvalue weighted by molar-refractivity contribution is 5.93. The molecular formula is C20H20N2O3. The number of methoxy groups -OCH3 is 1. The first-order valence-electron chi connectivity index (χ1n) is 8.16. The van der Waals surface area contributed by atoms with Crippen molar-refractivity contribution in [2.75, 3.05) is 7.11 Å². The normalized spacial score (nSPS) is 10.6. The summed E-state index contributed by atoms with van der Waals surface area (Å²) in [7, 11) is 1.61. The number of aromatic nitrogens is 1. The van der Waals surface area contributed by atoms with Gasteiger partial charge in [-0.05, 0) is 29.8 Å². The largest absolute Gasteiger partial charge is 0.497 e. The molecule has 1 heterocycles. The molecule has 3 rings (SSSR count). The number of nitrogens with one attached hydrogen (secondary N) is 1. The van der Waals surface area contributed by atoms with E-state index in [0.29, 0.717) is 6.54 Å². The summed E-state index contributed by atoms with van der Waals surface area (Å²) in [6, 6.07) is 17.1. The Hall–Kier alpha value is -3.08. The molecule has 1 aromatic heterocycles. The monoisotopic (exact) mass is 336 g/mol. The Morgan fingerprint density at radius 1 is 1.00 bits per heavy atom. The minimum absolute atomic E-state index is 0.0826. The van der Waals surface area contributed by atoms with Crippen LogP contribution >= 0.6 is 0 Å². The zero-order chi connectivity index (χ0) is 17.6. The lowest BCUT2D eigenvalue weighted by molar-refractivity contribution is -0.121. The minimum Gasteiger partial charge on any atom is -0.497 e. The summed E-state index contributed by atoms with van der Waals surface area (Å²) >= 11 is 0. The van der Waals surface area contributed by atoms with Crippen LogP contribution in [-0.2, 0) is 11.3 Å². The fraction of sp³-hybridized carbons (Fsp3) is 0.200. The Labute approximate surface area is 146 Å². The molecule has 3 aromatic rings. The number of amides is 1. The summed E-state index contributed by atoms with van der Waals surface area (Å²) in [5.74, 6) is 0.557. The Balaban J connectivity index is 1.50. The van der Waals surface area contributed by atoms with E-state index in [1.165, 1.54) is 0 Å². The molecule has 5 nitrogen and oxygen atoms in total. The van der Waals surface area contributed by atoms with Crippen molar-refractivity contribution in [1.29, 1.82) is 0 Å². The molecule has 0 fully saturated rings. The third kappa shape index (κ3) is 4.07. The van der Waals surface area contributed by atoms with Crippen LogP contribution in [0.3, 0.4) is 0 Å². The first-order valence-corrected chi connectivity index (χ1v) is 8.16. The molecule has 0 aliphatic rings. The van der Waals surface area contributed by atoms with Gasteiger partial charge < -0.3 is 10.1 Å². The standard InChI is InChI=1S/C20H20N2O3/c1-25-17-8-6-15(7-9-17)14-21-19(23)10-11-20(24)22-13-12-16-4-2-3-5-18(16)22/h2-9,12-13H,10-11,14H2,1H3,(H,21,23). The van der Waals surface area contributed by atoms with E-state index in [1.807, 2.05) is 54.6 Å². The highest BCUT2D eigenvalue weighted by atomic mass is 16.5. The van der Waals surface area contributed by atoms with Gasteiger partial charge in [0, 0.05) is 31.0 Å². The van der Waals surface area contributed by atoms with E-state index in [9.17, 15) is 9.59 Å². The second-order valence-corrected chi connectivity index (χ2v) is 5.76. The maximum atomic E-state index is 12.3. The molecule has 0 saturated heterocycles. The molecule has 5 heteroatoms. The van der Waals surface area contributed by atoms with Gasteiger partial charge in [0.05, 0.1) is 12.6 Å². The second-order valence-electron chi connectivity index (χ2n) is 5.76. The van der Waals surface area contributed by atoms with E-state index < -0.39 is 0 Å². The minimum atomic E-state index is -0.138. The number of fused-ring (bicyclic) bond motifs is 1. The zero-order valence-corrected chi connectivity index (χ0v) is 14.1. The van der Waals surface area contributed by atoms with Crippen molar-refractivity contribution >= 4 is 22.7 Å². The molecule has 1 N–H and O–H groups in total. The number of carbonyl (C=O) groups excluding carboxylic acids is 2. The van der Waals surface area contributed by atoms with Gasteiger partial charge in [0.2, 0.25) is 11.8 Å². The number of benzene rings is 2. The van der Waals surface area contributed by atoms with E-state index in [4.69, 9.17) is 4.74 Å². The molecule has 0 bridgehead atoms. The highest BCUT2D eigenvalue weighted by Gasteiger charge is 2.11. The van der Waals surface area contributed by atoms with Crippen molar-refractivity contribution in [3.05, 3.63) is 66.4 Å². The average Bonchev–Trinajstić information content (AvgIpc) is 3.09. The predicted octanol–water partition coefficient (Wildman–Crippen LogP) is 3.39. The first kappa shape index (κ1) is 16.8. The Bertz CT molecular complexity index is 881. The molecule has 0 spiro atoms. The fourth-order valence-electron chi connectivity index (χ4n) is 2.67.